The summed E-state index contributed by atoms with van der Waals surface area (Å²) in [4.78, 5) is 8.62. The number of fused-ring (bicyclic) bond motifs is 3. The normalized spacial score (nSPS) is 22.0. The topological polar surface area (TPSA) is 88.5 Å². The maximum atomic E-state index is 10.4. The Morgan fingerprint density at radius 2 is 2.15 bits per heavy atom. The largest absolute Gasteiger partial charge is 0.508 e. The van der Waals surface area contributed by atoms with Crippen molar-refractivity contribution in [2.75, 3.05) is 12.0 Å². The Balaban J connectivity index is 2.20. The molecule has 4 N–H and O–H groups in total. The molecule has 0 amide bonds. The van der Waals surface area contributed by atoms with Crippen LogP contribution >= 0.6 is 0 Å². The summed E-state index contributed by atoms with van der Waals surface area (Å²) in [7, 11) is 0. The number of hydrogen-bond acceptors (Lipinski definition) is 5. The summed E-state index contributed by atoms with van der Waals surface area (Å²) in [6, 6.07) is 4.59. The first-order chi connectivity index (χ1) is 16.0. The summed E-state index contributed by atoms with van der Waals surface area (Å²) >= 11 is 0. The molecule has 0 fully saturated rings. The standard InChI is InChI=1S/C21H25N5O/c1-10(2)14-8-15-17-19(22)23-9-24-21(17)26(20(15)25-13(14)5)18-11(3)6-7-16(27)12(18)4/h6-8,10,24,27H,9H2,1-5H3,(H2,22,23)/i1D3,2D3,9D,10D. The molecule has 0 spiro atoms. The van der Waals surface area contributed by atoms with Crippen molar-refractivity contribution in [3.05, 3.63) is 46.1 Å². The first-order valence-electron chi connectivity index (χ1n) is 12.5. The minimum absolute atomic E-state index is 0.0205. The smallest absolute Gasteiger partial charge is 0.147 e. The van der Waals surface area contributed by atoms with E-state index in [-0.39, 0.29) is 33.9 Å². The number of pyridine rings is 1. The number of benzene rings is 1. The molecule has 1 aliphatic rings. The third-order valence-electron chi connectivity index (χ3n) is 4.89. The van der Waals surface area contributed by atoms with Gasteiger partial charge in [-0.3, -0.25) is 4.57 Å². The number of rotatable bonds is 2. The lowest BCUT2D eigenvalue weighted by molar-refractivity contribution is 0.470. The summed E-state index contributed by atoms with van der Waals surface area (Å²) in [6.45, 7) is -2.52. The number of aromatic nitrogens is 2. The molecule has 1 aromatic carbocycles. The van der Waals surface area contributed by atoms with Crippen molar-refractivity contribution in [2.24, 2.45) is 10.7 Å². The van der Waals surface area contributed by atoms with Crippen LogP contribution in [0.25, 0.3) is 16.7 Å². The third-order valence-corrected chi connectivity index (χ3v) is 4.89. The Bertz CT molecular complexity index is 1380. The fourth-order valence-electron chi connectivity index (χ4n) is 3.56. The Labute approximate surface area is 170 Å². The monoisotopic (exact) mass is 371 g/mol. The van der Waals surface area contributed by atoms with Gasteiger partial charge in [0.2, 0.25) is 0 Å². The number of phenolic OH excluding ortho intramolecular Hbond substituents is 1. The molecule has 4 rings (SSSR count). The van der Waals surface area contributed by atoms with Crippen molar-refractivity contribution in [1.82, 2.24) is 9.55 Å². The van der Waals surface area contributed by atoms with Gasteiger partial charge in [-0.1, -0.05) is 19.8 Å². The number of aliphatic imine (C=N–C) groups is 1. The van der Waals surface area contributed by atoms with Gasteiger partial charge in [-0.05, 0) is 49.9 Å². The number of phenols is 1. The predicted molar refractivity (Wildman–Crippen MR) is 110 cm³/mol. The average Bonchev–Trinajstić information content (AvgIpc) is 3.01. The second-order valence-corrected chi connectivity index (χ2v) is 6.59. The van der Waals surface area contributed by atoms with Crippen LogP contribution in [0.1, 0.15) is 58.5 Å². The summed E-state index contributed by atoms with van der Waals surface area (Å²) < 4.78 is 65.8. The highest BCUT2D eigenvalue weighted by molar-refractivity contribution is 6.14. The number of hydrogen-bond donors (Lipinski definition) is 3. The molecule has 0 saturated carbocycles. The zero-order valence-electron chi connectivity index (χ0n) is 23.2. The van der Waals surface area contributed by atoms with E-state index in [0.29, 0.717) is 22.6 Å². The Hall–Kier alpha value is -3.02. The second-order valence-electron chi connectivity index (χ2n) is 6.59. The molecule has 0 radical (unpaired) electrons. The minimum Gasteiger partial charge on any atom is -0.508 e. The molecular weight excluding hydrogens is 338 g/mol. The SMILES string of the molecule is [2H]C1N=C(N)c2c(n(-c3c(C)ccc(O)c3C)c3nc(C)c(C([2H])(C([2H])([2H])[2H])C([2H])([2H])[2H])cc23)N1. The van der Waals surface area contributed by atoms with Crippen molar-refractivity contribution < 1.29 is 16.1 Å². The number of nitrogens with zero attached hydrogens (tertiary/aromatic N) is 3. The molecule has 2 aromatic heterocycles. The third kappa shape index (κ3) is 2.47. The number of anilines is 1. The Morgan fingerprint density at radius 3 is 2.89 bits per heavy atom. The quantitative estimate of drug-likeness (QED) is 0.638. The van der Waals surface area contributed by atoms with E-state index in [2.05, 4.69) is 15.3 Å². The van der Waals surface area contributed by atoms with Crippen LogP contribution in [0.2, 0.25) is 0 Å². The summed E-state index contributed by atoms with van der Waals surface area (Å²) in [5.41, 5.74) is 8.41. The number of amidine groups is 1. The minimum atomic E-state index is -3.19. The van der Waals surface area contributed by atoms with Gasteiger partial charge in [0.1, 0.15) is 29.7 Å². The molecule has 0 bridgehead atoms. The van der Waals surface area contributed by atoms with Gasteiger partial charge in [-0.25, -0.2) is 9.98 Å². The van der Waals surface area contributed by atoms with E-state index in [9.17, 15) is 5.11 Å². The van der Waals surface area contributed by atoms with Crippen molar-refractivity contribution in [1.29, 1.82) is 0 Å². The summed E-state index contributed by atoms with van der Waals surface area (Å²) in [5, 5.41) is 13.6. The van der Waals surface area contributed by atoms with Crippen molar-refractivity contribution >= 4 is 22.7 Å². The molecule has 3 heterocycles. The molecule has 1 aliphatic heterocycles. The van der Waals surface area contributed by atoms with Gasteiger partial charge in [0.15, 0.2) is 0 Å². The first kappa shape index (κ1) is 10.3. The fourth-order valence-corrected chi connectivity index (χ4v) is 3.56. The van der Waals surface area contributed by atoms with Crippen LogP contribution in [0.4, 0.5) is 5.82 Å². The van der Waals surface area contributed by atoms with E-state index in [1.165, 1.54) is 13.0 Å². The van der Waals surface area contributed by atoms with Crippen molar-refractivity contribution in [3.8, 4) is 11.4 Å². The van der Waals surface area contributed by atoms with Crippen LogP contribution in [-0.4, -0.2) is 27.1 Å². The van der Waals surface area contributed by atoms with Crippen LogP contribution in [0.15, 0.2) is 23.2 Å². The maximum Gasteiger partial charge on any atom is 0.147 e. The maximum absolute atomic E-state index is 10.4. The number of nitrogens with two attached hydrogens (primary N) is 1. The molecule has 140 valence electrons. The Kier molecular flexibility index (Phi) is 2.30. The van der Waals surface area contributed by atoms with E-state index in [1.54, 1.807) is 23.6 Å². The number of aryl methyl sites for hydroxylation is 2. The van der Waals surface area contributed by atoms with E-state index in [1.807, 2.05) is 6.92 Å². The zero-order chi connectivity index (χ0) is 26.2. The van der Waals surface area contributed by atoms with E-state index in [4.69, 9.17) is 16.7 Å². The van der Waals surface area contributed by atoms with Crippen LogP contribution < -0.4 is 11.1 Å². The molecule has 1 atom stereocenters. The highest BCUT2D eigenvalue weighted by Gasteiger charge is 2.27. The van der Waals surface area contributed by atoms with Gasteiger partial charge in [-0.2, -0.15) is 0 Å². The highest BCUT2D eigenvalue weighted by Crippen LogP contribution is 2.39. The van der Waals surface area contributed by atoms with E-state index >= 15 is 0 Å². The molecule has 6 nitrogen and oxygen atoms in total. The predicted octanol–water partition coefficient (Wildman–Crippen LogP) is 3.87. The van der Waals surface area contributed by atoms with Crippen LogP contribution in [0.5, 0.6) is 5.75 Å². The van der Waals surface area contributed by atoms with Gasteiger partial charge in [0.05, 0.1) is 12.6 Å². The molecule has 1 unspecified atom stereocenters. The molecule has 0 aliphatic carbocycles. The van der Waals surface area contributed by atoms with Crippen LogP contribution in [-0.2, 0) is 0 Å². The summed E-state index contributed by atoms with van der Waals surface area (Å²) in [5.74, 6) is -2.60. The summed E-state index contributed by atoms with van der Waals surface area (Å²) in [6.07, 6.45) is 0. The molecule has 27 heavy (non-hydrogen) atoms. The molecule has 3 aromatic rings. The number of aromatic hydroxyl groups is 1. The van der Waals surface area contributed by atoms with E-state index < -0.39 is 26.2 Å². The zero-order valence-corrected chi connectivity index (χ0v) is 15.2. The van der Waals surface area contributed by atoms with Gasteiger partial charge >= 0.3 is 0 Å². The molecular formula is C21H25N5O. The van der Waals surface area contributed by atoms with Gasteiger partial charge in [0.25, 0.3) is 0 Å². The van der Waals surface area contributed by atoms with E-state index in [0.717, 1.165) is 5.56 Å². The highest BCUT2D eigenvalue weighted by atomic mass is 16.3. The Morgan fingerprint density at radius 1 is 1.37 bits per heavy atom. The lowest BCUT2D eigenvalue weighted by Crippen LogP contribution is -2.23. The second kappa shape index (κ2) is 6.01. The number of nitrogens with one attached hydrogen (secondary N) is 1. The first-order valence-corrected chi connectivity index (χ1v) is 8.39. The fraction of sp³-hybridized carbons (Fsp3) is 0.333. The molecule has 6 heteroatoms. The van der Waals surface area contributed by atoms with Crippen molar-refractivity contribution in [2.45, 2.75) is 40.4 Å². The lowest BCUT2D eigenvalue weighted by atomic mass is 9.99. The van der Waals surface area contributed by atoms with Crippen molar-refractivity contribution in [3.63, 3.8) is 0 Å². The van der Waals surface area contributed by atoms with Crippen LogP contribution in [0.3, 0.4) is 0 Å². The van der Waals surface area contributed by atoms with Crippen LogP contribution in [0, 0.1) is 20.8 Å². The average molecular weight is 372 g/mol. The van der Waals surface area contributed by atoms with Gasteiger partial charge in [-0.15, -0.1) is 0 Å². The molecule has 0 saturated heterocycles. The van der Waals surface area contributed by atoms with Gasteiger partial charge in [0, 0.05) is 26.2 Å². The lowest BCUT2D eigenvalue weighted by Gasteiger charge is -2.19. The van der Waals surface area contributed by atoms with Gasteiger partial charge < -0.3 is 16.2 Å².